The largest absolute Gasteiger partial charge is 0.443 e. The van der Waals surface area contributed by atoms with Crippen molar-refractivity contribution in [3.05, 3.63) is 73.9 Å². The van der Waals surface area contributed by atoms with Gasteiger partial charge in [0.05, 0.1) is 17.9 Å². The van der Waals surface area contributed by atoms with Gasteiger partial charge in [0.25, 0.3) is 0 Å². The minimum absolute atomic E-state index is 0.694. The quantitative estimate of drug-likeness (QED) is 0.686. The normalized spacial score (nSPS) is 14.1. The Morgan fingerprint density at radius 1 is 1.17 bits per heavy atom. The second kappa shape index (κ2) is 9.84. The number of oxazole rings is 1. The number of rotatable bonds is 4. The van der Waals surface area contributed by atoms with Gasteiger partial charge in [-0.1, -0.05) is 18.7 Å². The summed E-state index contributed by atoms with van der Waals surface area (Å²) in [6, 6.07) is 3.89. The number of aromatic nitrogens is 3. The summed E-state index contributed by atoms with van der Waals surface area (Å²) in [5.41, 5.74) is 4.24. The summed E-state index contributed by atoms with van der Waals surface area (Å²) in [6.07, 6.45) is 10.3. The smallest absolute Gasteiger partial charge is 0.181 e. The molecule has 0 aliphatic carbocycles. The number of nitrogens with zero attached hydrogens (tertiary/aromatic N) is 5. The number of hydrogen-bond acceptors (Lipinski definition) is 7. The zero-order valence-corrected chi connectivity index (χ0v) is 17.8. The van der Waals surface area contributed by atoms with Gasteiger partial charge in [-0.3, -0.25) is 9.88 Å². The molecule has 1 aliphatic heterocycles. The standard InChI is InChI=1S/C13H10N4O.C10H18N2/c1-2-15-13-4-9-3-10(12-7-14-8-18-12)5-16-11(9)6-17-13;1-9(2)7-12-6-5-11(4)8-10(12)3/h2-8H,1H2,(H,15,17);7H,3,5-6,8H2,1-2,4H3. The number of allylic oxidation sites excluding steroid dienone is 1. The molecule has 1 fully saturated rings. The number of anilines is 1. The van der Waals surface area contributed by atoms with Crippen LogP contribution in [0, 0.1) is 0 Å². The fourth-order valence-electron chi connectivity index (χ4n) is 3.09. The molecule has 0 saturated carbocycles. The van der Waals surface area contributed by atoms with E-state index in [1.54, 1.807) is 24.8 Å². The zero-order valence-electron chi connectivity index (χ0n) is 17.8. The van der Waals surface area contributed by atoms with Crippen LogP contribution in [-0.4, -0.2) is 51.4 Å². The lowest BCUT2D eigenvalue weighted by Gasteiger charge is -2.33. The summed E-state index contributed by atoms with van der Waals surface area (Å²) < 4.78 is 5.25. The highest BCUT2D eigenvalue weighted by molar-refractivity contribution is 5.84. The van der Waals surface area contributed by atoms with Crippen LogP contribution in [0.4, 0.5) is 5.82 Å². The minimum Gasteiger partial charge on any atom is -0.443 e. The van der Waals surface area contributed by atoms with Gasteiger partial charge >= 0.3 is 0 Å². The maximum absolute atomic E-state index is 5.25. The Balaban J connectivity index is 0.000000187. The van der Waals surface area contributed by atoms with Crippen molar-refractivity contribution >= 4 is 16.7 Å². The molecule has 1 aliphatic rings. The summed E-state index contributed by atoms with van der Waals surface area (Å²) in [4.78, 5) is 17.0. The molecule has 4 rings (SSSR count). The van der Waals surface area contributed by atoms with Crippen LogP contribution < -0.4 is 5.32 Å². The third-order valence-electron chi connectivity index (χ3n) is 4.53. The lowest BCUT2D eigenvalue weighted by molar-refractivity contribution is 0.246. The van der Waals surface area contributed by atoms with Crippen molar-refractivity contribution in [2.75, 3.05) is 32.0 Å². The molecule has 0 radical (unpaired) electrons. The Morgan fingerprint density at radius 3 is 2.67 bits per heavy atom. The molecule has 0 bridgehead atoms. The number of pyridine rings is 2. The second-order valence-electron chi connectivity index (χ2n) is 7.40. The Kier molecular flexibility index (Phi) is 6.98. The predicted molar refractivity (Wildman–Crippen MR) is 122 cm³/mol. The van der Waals surface area contributed by atoms with Crippen LogP contribution in [0.25, 0.3) is 22.2 Å². The van der Waals surface area contributed by atoms with Gasteiger partial charge in [0.1, 0.15) is 5.82 Å². The Morgan fingerprint density at radius 2 is 2.00 bits per heavy atom. The highest BCUT2D eigenvalue weighted by atomic mass is 16.3. The zero-order chi connectivity index (χ0) is 21.5. The van der Waals surface area contributed by atoms with Gasteiger partial charge < -0.3 is 14.6 Å². The fourth-order valence-corrected chi connectivity index (χ4v) is 3.09. The van der Waals surface area contributed by atoms with Crippen LogP contribution in [0.3, 0.4) is 0 Å². The summed E-state index contributed by atoms with van der Waals surface area (Å²) >= 11 is 0. The van der Waals surface area contributed by atoms with E-state index in [0.717, 1.165) is 41.9 Å². The Hall–Kier alpha value is -3.45. The molecule has 3 aromatic rings. The third-order valence-corrected chi connectivity index (χ3v) is 4.53. The van der Waals surface area contributed by atoms with Crippen molar-refractivity contribution in [2.45, 2.75) is 13.8 Å². The fraction of sp³-hybridized carbons (Fsp3) is 0.261. The summed E-state index contributed by atoms with van der Waals surface area (Å²) in [7, 11) is 2.13. The van der Waals surface area contributed by atoms with Gasteiger partial charge in [-0.15, -0.1) is 0 Å². The van der Waals surface area contributed by atoms with Crippen LogP contribution in [-0.2, 0) is 0 Å². The molecule has 0 spiro atoms. The van der Waals surface area contributed by atoms with E-state index in [2.05, 4.69) is 70.3 Å². The average Bonchev–Trinajstić information content (AvgIpc) is 3.25. The van der Waals surface area contributed by atoms with Crippen molar-refractivity contribution in [3.63, 3.8) is 0 Å². The van der Waals surface area contributed by atoms with Crippen LogP contribution in [0.15, 0.2) is 78.4 Å². The molecule has 1 N–H and O–H groups in total. The molecular weight excluding hydrogens is 376 g/mol. The van der Waals surface area contributed by atoms with E-state index >= 15 is 0 Å². The molecule has 7 nitrogen and oxygen atoms in total. The SMILES string of the molecule is C=C1CN(C)CCN1C=C(C)C.C=CNc1cc2cc(-c3cnco3)cnc2cn1. The molecular formula is C23H28N6O. The first-order chi connectivity index (χ1) is 14.5. The topological polar surface area (TPSA) is 70.3 Å². The van der Waals surface area contributed by atoms with Gasteiger partial charge in [0.15, 0.2) is 12.2 Å². The van der Waals surface area contributed by atoms with Crippen LogP contribution in [0.1, 0.15) is 13.8 Å². The first-order valence-corrected chi connectivity index (χ1v) is 9.76. The van der Waals surface area contributed by atoms with E-state index in [4.69, 9.17) is 4.42 Å². The first kappa shape index (κ1) is 21.3. The molecule has 156 valence electrons. The van der Waals surface area contributed by atoms with Crippen molar-refractivity contribution < 1.29 is 4.42 Å². The lowest BCUT2D eigenvalue weighted by Crippen LogP contribution is -2.39. The molecule has 0 unspecified atom stereocenters. The highest BCUT2D eigenvalue weighted by Gasteiger charge is 2.14. The van der Waals surface area contributed by atoms with E-state index in [-0.39, 0.29) is 0 Å². The number of hydrogen-bond donors (Lipinski definition) is 1. The van der Waals surface area contributed by atoms with Gasteiger partial charge in [-0.05, 0) is 39.2 Å². The average molecular weight is 405 g/mol. The van der Waals surface area contributed by atoms with Gasteiger partial charge in [0.2, 0.25) is 0 Å². The molecule has 1 saturated heterocycles. The van der Waals surface area contributed by atoms with E-state index in [1.165, 1.54) is 17.7 Å². The van der Waals surface area contributed by atoms with Crippen molar-refractivity contribution in [1.29, 1.82) is 0 Å². The molecule has 3 aromatic heterocycles. The van der Waals surface area contributed by atoms with Crippen LogP contribution in [0.5, 0.6) is 0 Å². The van der Waals surface area contributed by atoms with Gasteiger partial charge in [-0.25, -0.2) is 9.97 Å². The second-order valence-corrected chi connectivity index (χ2v) is 7.40. The third kappa shape index (κ3) is 5.55. The van der Waals surface area contributed by atoms with E-state index in [1.807, 2.05) is 12.1 Å². The number of fused-ring (bicyclic) bond motifs is 1. The van der Waals surface area contributed by atoms with Crippen LogP contribution >= 0.6 is 0 Å². The van der Waals surface area contributed by atoms with Crippen molar-refractivity contribution in [1.82, 2.24) is 24.8 Å². The van der Waals surface area contributed by atoms with Crippen molar-refractivity contribution in [3.8, 4) is 11.3 Å². The summed E-state index contributed by atoms with van der Waals surface area (Å²) in [5, 5.41) is 3.92. The van der Waals surface area contributed by atoms with E-state index < -0.39 is 0 Å². The van der Waals surface area contributed by atoms with Gasteiger partial charge in [-0.2, -0.15) is 0 Å². The molecule has 0 amide bonds. The monoisotopic (exact) mass is 404 g/mol. The Bertz CT molecular complexity index is 1040. The number of likely N-dealkylation sites (N-methyl/N-ethyl adjacent to an activating group) is 1. The minimum atomic E-state index is 0.694. The first-order valence-electron chi connectivity index (χ1n) is 9.76. The molecule has 4 heterocycles. The number of nitrogens with one attached hydrogen (secondary N) is 1. The lowest BCUT2D eigenvalue weighted by atomic mass is 10.1. The predicted octanol–water partition coefficient (Wildman–Crippen LogP) is 4.51. The maximum Gasteiger partial charge on any atom is 0.181 e. The van der Waals surface area contributed by atoms with E-state index in [9.17, 15) is 0 Å². The molecule has 0 aromatic carbocycles. The van der Waals surface area contributed by atoms with Crippen LogP contribution in [0.2, 0.25) is 0 Å². The van der Waals surface area contributed by atoms with Gasteiger partial charge in [0, 0.05) is 48.7 Å². The molecule has 7 heteroatoms. The number of piperazine rings is 1. The molecule has 30 heavy (non-hydrogen) atoms. The molecule has 0 atom stereocenters. The van der Waals surface area contributed by atoms with E-state index in [0.29, 0.717) is 5.76 Å². The Labute approximate surface area is 177 Å². The summed E-state index contributed by atoms with van der Waals surface area (Å²) in [5.74, 6) is 1.42. The highest BCUT2D eigenvalue weighted by Crippen LogP contribution is 2.23. The van der Waals surface area contributed by atoms with Crippen molar-refractivity contribution in [2.24, 2.45) is 0 Å². The maximum atomic E-state index is 5.25. The summed E-state index contributed by atoms with van der Waals surface area (Å²) in [6.45, 7) is 15.1.